The molecule has 0 unspecified atom stereocenters. The first-order chi connectivity index (χ1) is 8.59. The van der Waals surface area contributed by atoms with Crippen molar-refractivity contribution in [1.29, 1.82) is 0 Å². The molecule has 3 heteroatoms. The predicted molar refractivity (Wildman–Crippen MR) is 70.1 cm³/mol. The van der Waals surface area contributed by atoms with Crippen molar-refractivity contribution in [3.8, 4) is 0 Å². The van der Waals surface area contributed by atoms with E-state index in [1.807, 2.05) is 6.92 Å². The number of carbonyl (C=O) groups excluding carboxylic acids is 1. The Labute approximate surface area is 108 Å². The van der Waals surface area contributed by atoms with Gasteiger partial charge < -0.3 is 4.90 Å². The van der Waals surface area contributed by atoms with E-state index < -0.39 is 5.82 Å². The van der Waals surface area contributed by atoms with Crippen LogP contribution in [0.3, 0.4) is 0 Å². The summed E-state index contributed by atoms with van der Waals surface area (Å²) in [6, 6.07) is 5.06. The molecule has 1 fully saturated rings. The fraction of sp³-hybridized carbons (Fsp3) is 0.533. The van der Waals surface area contributed by atoms with Crippen LogP contribution < -0.4 is 0 Å². The fourth-order valence-corrected chi connectivity index (χ4v) is 2.62. The van der Waals surface area contributed by atoms with E-state index >= 15 is 0 Å². The van der Waals surface area contributed by atoms with Gasteiger partial charge in [0.1, 0.15) is 5.82 Å². The van der Waals surface area contributed by atoms with Gasteiger partial charge >= 0.3 is 0 Å². The molecule has 0 N–H and O–H groups in total. The minimum Gasteiger partial charge on any atom is -0.339 e. The topological polar surface area (TPSA) is 20.3 Å². The molecule has 1 aliphatic carbocycles. The second kappa shape index (κ2) is 5.51. The van der Waals surface area contributed by atoms with Crippen LogP contribution in [0.5, 0.6) is 0 Å². The lowest BCUT2D eigenvalue weighted by atomic mass is 9.94. The third-order valence-corrected chi connectivity index (χ3v) is 3.80. The van der Waals surface area contributed by atoms with Gasteiger partial charge in [0.2, 0.25) is 0 Å². The lowest BCUT2D eigenvalue weighted by Crippen LogP contribution is -2.38. The van der Waals surface area contributed by atoms with Crippen LogP contribution in [-0.4, -0.2) is 23.9 Å². The summed E-state index contributed by atoms with van der Waals surface area (Å²) in [6.07, 6.45) is 5.65. The van der Waals surface area contributed by atoms with Crippen molar-refractivity contribution in [2.45, 2.75) is 45.1 Å². The highest BCUT2D eigenvalue weighted by atomic mass is 19.1. The standard InChI is InChI=1S/C15H20FNO/c1-11-8-9-13(14(16)10-11)15(18)17(2)12-6-4-3-5-7-12/h8-10,12H,3-7H2,1-2H3. The minimum atomic E-state index is -0.414. The van der Waals surface area contributed by atoms with Gasteiger partial charge in [0.25, 0.3) is 5.91 Å². The monoisotopic (exact) mass is 249 g/mol. The first kappa shape index (κ1) is 13.1. The summed E-state index contributed by atoms with van der Waals surface area (Å²) < 4.78 is 13.8. The zero-order valence-corrected chi connectivity index (χ0v) is 11.1. The molecule has 1 aliphatic rings. The second-order valence-electron chi connectivity index (χ2n) is 5.19. The number of benzene rings is 1. The molecule has 1 saturated carbocycles. The molecule has 0 atom stereocenters. The molecule has 0 aromatic heterocycles. The quantitative estimate of drug-likeness (QED) is 0.785. The summed E-state index contributed by atoms with van der Waals surface area (Å²) in [7, 11) is 1.79. The van der Waals surface area contributed by atoms with Crippen molar-refractivity contribution >= 4 is 5.91 Å². The Morgan fingerprint density at radius 2 is 1.94 bits per heavy atom. The maximum absolute atomic E-state index is 13.8. The highest BCUT2D eigenvalue weighted by Gasteiger charge is 2.24. The normalized spacial score (nSPS) is 16.6. The van der Waals surface area contributed by atoms with E-state index in [9.17, 15) is 9.18 Å². The number of rotatable bonds is 2. The number of nitrogens with zero attached hydrogens (tertiary/aromatic N) is 1. The molecule has 1 amide bonds. The van der Waals surface area contributed by atoms with Gasteiger partial charge in [0, 0.05) is 13.1 Å². The average molecular weight is 249 g/mol. The van der Waals surface area contributed by atoms with E-state index in [2.05, 4.69) is 0 Å². The van der Waals surface area contributed by atoms with Crippen molar-refractivity contribution in [1.82, 2.24) is 4.90 Å². The van der Waals surface area contributed by atoms with Crippen LogP contribution >= 0.6 is 0 Å². The van der Waals surface area contributed by atoms with Crippen LogP contribution in [-0.2, 0) is 0 Å². The molecule has 1 aromatic carbocycles. The number of carbonyl (C=O) groups is 1. The van der Waals surface area contributed by atoms with E-state index in [0.29, 0.717) is 0 Å². The number of hydrogen-bond donors (Lipinski definition) is 0. The summed E-state index contributed by atoms with van der Waals surface area (Å²) >= 11 is 0. The van der Waals surface area contributed by atoms with Crippen molar-refractivity contribution in [3.05, 3.63) is 35.1 Å². The molecule has 98 valence electrons. The Balaban J connectivity index is 2.14. The van der Waals surface area contributed by atoms with Crippen molar-refractivity contribution < 1.29 is 9.18 Å². The number of aryl methyl sites for hydroxylation is 1. The number of halogens is 1. The smallest absolute Gasteiger partial charge is 0.256 e. The van der Waals surface area contributed by atoms with Gasteiger partial charge in [-0.05, 0) is 37.5 Å². The summed E-state index contributed by atoms with van der Waals surface area (Å²) in [5.74, 6) is -0.609. The zero-order valence-electron chi connectivity index (χ0n) is 11.1. The molecule has 2 nitrogen and oxygen atoms in total. The van der Waals surface area contributed by atoms with Gasteiger partial charge in [0.05, 0.1) is 5.56 Å². The van der Waals surface area contributed by atoms with E-state index in [4.69, 9.17) is 0 Å². The molecule has 0 spiro atoms. The maximum Gasteiger partial charge on any atom is 0.256 e. The predicted octanol–water partition coefficient (Wildman–Crippen LogP) is 3.54. The van der Waals surface area contributed by atoms with Gasteiger partial charge in [0.15, 0.2) is 0 Å². The van der Waals surface area contributed by atoms with Crippen LogP contribution in [0.2, 0.25) is 0 Å². The fourth-order valence-electron chi connectivity index (χ4n) is 2.62. The molecule has 0 heterocycles. The molecule has 0 radical (unpaired) electrons. The highest BCUT2D eigenvalue weighted by molar-refractivity contribution is 5.94. The lowest BCUT2D eigenvalue weighted by molar-refractivity contribution is 0.0691. The number of hydrogen-bond acceptors (Lipinski definition) is 1. The molecule has 0 saturated heterocycles. The summed E-state index contributed by atoms with van der Waals surface area (Å²) in [5, 5.41) is 0. The molecule has 1 aromatic rings. The van der Waals surface area contributed by atoms with E-state index in [0.717, 1.165) is 18.4 Å². The van der Waals surface area contributed by atoms with E-state index in [-0.39, 0.29) is 17.5 Å². The molecule has 18 heavy (non-hydrogen) atoms. The van der Waals surface area contributed by atoms with Crippen LogP contribution in [0.1, 0.15) is 48.0 Å². The zero-order chi connectivity index (χ0) is 13.1. The molecule has 0 aliphatic heterocycles. The Morgan fingerprint density at radius 1 is 1.28 bits per heavy atom. The largest absolute Gasteiger partial charge is 0.339 e. The summed E-state index contributed by atoms with van der Waals surface area (Å²) in [5.41, 5.74) is 1.03. The average Bonchev–Trinajstić information content (AvgIpc) is 2.38. The Hall–Kier alpha value is -1.38. The SMILES string of the molecule is Cc1ccc(C(=O)N(C)C2CCCCC2)c(F)c1. The second-order valence-corrected chi connectivity index (χ2v) is 5.19. The van der Waals surface area contributed by atoms with Crippen LogP contribution in [0.4, 0.5) is 4.39 Å². The van der Waals surface area contributed by atoms with Crippen molar-refractivity contribution in [2.75, 3.05) is 7.05 Å². The van der Waals surface area contributed by atoms with Crippen molar-refractivity contribution in [3.63, 3.8) is 0 Å². The Kier molecular flexibility index (Phi) is 4.00. The van der Waals surface area contributed by atoms with Gasteiger partial charge in [-0.25, -0.2) is 4.39 Å². The third kappa shape index (κ3) is 2.71. The Bertz CT molecular complexity index is 438. The molecular formula is C15H20FNO. The van der Waals surface area contributed by atoms with Gasteiger partial charge in [-0.3, -0.25) is 4.79 Å². The molecule has 0 bridgehead atoms. The first-order valence-corrected chi connectivity index (χ1v) is 6.63. The molecule has 2 rings (SSSR count). The van der Waals surface area contributed by atoms with E-state index in [1.54, 1.807) is 24.1 Å². The van der Waals surface area contributed by atoms with Gasteiger partial charge in [-0.1, -0.05) is 25.3 Å². The molecular weight excluding hydrogens is 229 g/mol. The summed E-state index contributed by atoms with van der Waals surface area (Å²) in [6.45, 7) is 1.82. The van der Waals surface area contributed by atoms with Crippen molar-refractivity contribution in [2.24, 2.45) is 0 Å². The highest BCUT2D eigenvalue weighted by Crippen LogP contribution is 2.23. The summed E-state index contributed by atoms with van der Waals surface area (Å²) in [4.78, 5) is 14.0. The first-order valence-electron chi connectivity index (χ1n) is 6.63. The lowest BCUT2D eigenvalue weighted by Gasteiger charge is -2.31. The minimum absolute atomic E-state index is 0.189. The maximum atomic E-state index is 13.8. The number of amides is 1. The van der Waals surface area contributed by atoms with Gasteiger partial charge in [-0.2, -0.15) is 0 Å². The Morgan fingerprint density at radius 3 is 2.56 bits per heavy atom. The van der Waals surface area contributed by atoms with Gasteiger partial charge in [-0.15, -0.1) is 0 Å². The van der Waals surface area contributed by atoms with Crippen LogP contribution in [0.15, 0.2) is 18.2 Å². The van der Waals surface area contributed by atoms with E-state index in [1.165, 1.54) is 25.3 Å². The van der Waals surface area contributed by atoms with Crippen LogP contribution in [0.25, 0.3) is 0 Å². The third-order valence-electron chi connectivity index (χ3n) is 3.80. The van der Waals surface area contributed by atoms with Crippen LogP contribution in [0, 0.1) is 12.7 Å².